The van der Waals surface area contributed by atoms with Crippen LogP contribution in [0.5, 0.6) is 0 Å². The summed E-state index contributed by atoms with van der Waals surface area (Å²) in [6.07, 6.45) is 7.85. The van der Waals surface area contributed by atoms with Crippen LogP contribution < -0.4 is 0 Å². The number of hydrogen-bond acceptors (Lipinski definition) is 3. The molecule has 0 radical (unpaired) electrons. The SMILES string of the molecule is CCC/C(=N\OC)C1=CC(CC)(CC)[C@H]2c3c(c4ccccc4n31)CCN2C. The normalized spacial score (nSPS) is 21.5. The number of aromatic nitrogens is 1. The summed E-state index contributed by atoms with van der Waals surface area (Å²) in [5.74, 6) is 0. The number of para-hydroxylation sites is 1. The molecule has 2 aromatic rings. The van der Waals surface area contributed by atoms with E-state index in [9.17, 15) is 0 Å². The summed E-state index contributed by atoms with van der Waals surface area (Å²) in [6.45, 7) is 8.00. The van der Waals surface area contributed by atoms with Gasteiger partial charge >= 0.3 is 0 Å². The number of oxime groups is 1. The highest BCUT2D eigenvalue weighted by atomic mass is 16.6. The van der Waals surface area contributed by atoms with Crippen LogP contribution in [0.1, 0.15) is 63.8 Å². The number of rotatable bonds is 6. The molecule has 0 amide bonds. The van der Waals surface area contributed by atoms with E-state index in [2.05, 4.69) is 72.8 Å². The van der Waals surface area contributed by atoms with E-state index in [4.69, 9.17) is 4.84 Å². The van der Waals surface area contributed by atoms with E-state index in [1.165, 1.54) is 27.9 Å². The summed E-state index contributed by atoms with van der Waals surface area (Å²) in [5.41, 5.74) is 6.73. The first kappa shape index (κ1) is 19.3. The molecule has 0 fully saturated rings. The third-order valence-corrected chi connectivity index (χ3v) is 6.94. The lowest BCUT2D eigenvalue weighted by Gasteiger charge is -2.49. The number of likely N-dealkylation sites (N-methyl/N-ethyl adjacent to an activating group) is 1. The Labute approximate surface area is 168 Å². The molecule has 0 spiro atoms. The number of allylic oxidation sites excluding steroid dienone is 1. The van der Waals surface area contributed by atoms with Crippen molar-refractivity contribution in [3.8, 4) is 0 Å². The molecule has 4 nitrogen and oxygen atoms in total. The van der Waals surface area contributed by atoms with Crippen molar-refractivity contribution in [3.05, 3.63) is 41.6 Å². The van der Waals surface area contributed by atoms with E-state index >= 15 is 0 Å². The van der Waals surface area contributed by atoms with Gasteiger partial charge in [0.2, 0.25) is 0 Å². The molecule has 4 rings (SSSR count). The van der Waals surface area contributed by atoms with Crippen LogP contribution in [0.4, 0.5) is 0 Å². The van der Waals surface area contributed by atoms with Crippen molar-refractivity contribution < 1.29 is 4.84 Å². The first-order valence-electron chi connectivity index (χ1n) is 10.8. The molecule has 4 heteroatoms. The minimum absolute atomic E-state index is 0.117. The molecule has 2 aliphatic heterocycles. The molecule has 3 heterocycles. The third kappa shape index (κ3) is 2.65. The molecule has 150 valence electrons. The monoisotopic (exact) mass is 379 g/mol. The first-order chi connectivity index (χ1) is 13.6. The Hall–Kier alpha value is -2.07. The van der Waals surface area contributed by atoms with Gasteiger partial charge in [0.25, 0.3) is 0 Å². The zero-order chi connectivity index (χ0) is 19.9. The molecule has 1 aromatic carbocycles. The predicted molar refractivity (Wildman–Crippen MR) is 118 cm³/mol. The van der Waals surface area contributed by atoms with E-state index in [-0.39, 0.29) is 5.41 Å². The lowest BCUT2D eigenvalue weighted by atomic mass is 9.69. The summed E-state index contributed by atoms with van der Waals surface area (Å²) in [4.78, 5) is 7.87. The second-order valence-electron chi connectivity index (χ2n) is 8.29. The summed E-state index contributed by atoms with van der Waals surface area (Å²) in [7, 11) is 3.95. The Balaban J connectivity index is 2.09. The summed E-state index contributed by atoms with van der Waals surface area (Å²) >= 11 is 0. The Morgan fingerprint density at radius 2 is 1.96 bits per heavy atom. The molecule has 0 unspecified atom stereocenters. The molecule has 0 bridgehead atoms. The number of nitrogens with zero attached hydrogens (tertiary/aromatic N) is 3. The molecule has 0 saturated carbocycles. The van der Waals surface area contributed by atoms with Crippen LogP contribution in [0.2, 0.25) is 0 Å². The molecule has 0 saturated heterocycles. The maximum atomic E-state index is 5.29. The van der Waals surface area contributed by atoms with Crippen LogP contribution in [0.25, 0.3) is 16.6 Å². The molecule has 1 atom stereocenters. The Morgan fingerprint density at radius 3 is 2.64 bits per heavy atom. The molecular formula is C24H33N3O. The molecule has 2 aliphatic rings. The lowest BCUT2D eigenvalue weighted by molar-refractivity contribution is 0.0944. The summed E-state index contributed by atoms with van der Waals surface area (Å²) < 4.78 is 2.50. The van der Waals surface area contributed by atoms with E-state index in [1.54, 1.807) is 7.11 Å². The van der Waals surface area contributed by atoms with E-state index < -0.39 is 0 Å². The van der Waals surface area contributed by atoms with Gasteiger partial charge in [0.1, 0.15) is 12.8 Å². The van der Waals surface area contributed by atoms with Crippen molar-refractivity contribution in [1.29, 1.82) is 0 Å². The zero-order valence-electron chi connectivity index (χ0n) is 18.0. The minimum atomic E-state index is 0.117. The fourth-order valence-corrected chi connectivity index (χ4v) is 5.51. The van der Waals surface area contributed by atoms with Gasteiger partial charge in [-0.05, 0) is 44.4 Å². The molecular weight excluding hydrogens is 346 g/mol. The molecule has 1 aromatic heterocycles. The quantitative estimate of drug-likeness (QED) is 0.481. The Morgan fingerprint density at radius 1 is 1.21 bits per heavy atom. The van der Waals surface area contributed by atoms with Gasteiger partial charge in [-0.1, -0.05) is 56.6 Å². The largest absolute Gasteiger partial charge is 0.399 e. The van der Waals surface area contributed by atoms with Crippen molar-refractivity contribution in [2.75, 3.05) is 20.7 Å². The maximum absolute atomic E-state index is 5.29. The zero-order valence-corrected chi connectivity index (χ0v) is 18.0. The minimum Gasteiger partial charge on any atom is -0.399 e. The van der Waals surface area contributed by atoms with Gasteiger partial charge in [0.15, 0.2) is 0 Å². The van der Waals surface area contributed by atoms with Gasteiger partial charge in [-0.25, -0.2) is 0 Å². The van der Waals surface area contributed by atoms with Gasteiger partial charge in [-0.3, -0.25) is 4.90 Å². The fourth-order valence-electron chi connectivity index (χ4n) is 5.51. The van der Waals surface area contributed by atoms with Crippen molar-refractivity contribution in [2.45, 2.75) is 58.9 Å². The van der Waals surface area contributed by atoms with Crippen LogP contribution in [0, 0.1) is 5.41 Å². The molecule has 0 N–H and O–H groups in total. The third-order valence-electron chi connectivity index (χ3n) is 6.94. The highest BCUT2D eigenvalue weighted by Crippen LogP contribution is 2.54. The van der Waals surface area contributed by atoms with Crippen molar-refractivity contribution in [3.63, 3.8) is 0 Å². The topological polar surface area (TPSA) is 29.8 Å². The van der Waals surface area contributed by atoms with E-state index in [0.29, 0.717) is 6.04 Å². The van der Waals surface area contributed by atoms with Crippen LogP contribution >= 0.6 is 0 Å². The summed E-state index contributed by atoms with van der Waals surface area (Å²) in [5, 5.41) is 5.89. The average Bonchev–Trinajstić information content (AvgIpc) is 3.05. The smallest absolute Gasteiger partial charge is 0.106 e. The van der Waals surface area contributed by atoms with E-state index in [1.807, 2.05) is 0 Å². The fraction of sp³-hybridized carbons (Fsp3) is 0.542. The Kier molecular flexibility index (Phi) is 5.09. The second kappa shape index (κ2) is 7.40. The van der Waals surface area contributed by atoms with Crippen molar-refractivity contribution in [1.82, 2.24) is 9.47 Å². The highest BCUT2D eigenvalue weighted by molar-refractivity contribution is 6.20. The molecule has 0 aliphatic carbocycles. The van der Waals surface area contributed by atoms with Crippen molar-refractivity contribution >= 4 is 22.3 Å². The average molecular weight is 380 g/mol. The highest BCUT2D eigenvalue weighted by Gasteiger charge is 2.47. The number of fused-ring (bicyclic) bond motifs is 3. The van der Waals surface area contributed by atoms with Gasteiger partial charge in [0.05, 0.1) is 17.3 Å². The van der Waals surface area contributed by atoms with Crippen LogP contribution in [0.15, 0.2) is 35.5 Å². The van der Waals surface area contributed by atoms with E-state index in [0.717, 1.165) is 44.4 Å². The van der Waals surface area contributed by atoms with Crippen molar-refractivity contribution in [2.24, 2.45) is 10.6 Å². The lowest BCUT2D eigenvalue weighted by Crippen LogP contribution is -2.45. The van der Waals surface area contributed by atoms with Crippen LogP contribution in [-0.2, 0) is 11.3 Å². The van der Waals surface area contributed by atoms with Crippen LogP contribution in [-0.4, -0.2) is 35.9 Å². The maximum Gasteiger partial charge on any atom is 0.106 e. The van der Waals surface area contributed by atoms with Gasteiger partial charge in [0, 0.05) is 23.0 Å². The number of hydrogen-bond donors (Lipinski definition) is 0. The number of benzene rings is 1. The van der Waals surface area contributed by atoms with Gasteiger partial charge in [-0.15, -0.1) is 0 Å². The van der Waals surface area contributed by atoms with Crippen LogP contribution in [0.3, 0.4) is 0 Å². The van der Waals surface area contributed by atoms with Gasteiger partial charge < -0.3 is 9.40 Å². The van der Waals surface area contributed by atoms with Gasteiger partial charge in [-0.2, -0.15) is 0 Å². The first-order valence-corrected chi connectivity index (χ1v) is 10.8. The standard InChI is InChI=1S/C24H33N3O/c1-6-11-19(25-28-5)21-16-24(7-2,8-3)23-22-18(14-15-26(23)4)17-12-9-10-13-20(17)27(21)22/h9-10,12-13,16,23H,6-8,11,14-15H2,1-5H3/b25-19+/t23-/m1/s1. The molecule has 28 heavy (non-hydrogen) atoms. The summed E-state index contributed by atoms with van der Waals surface area (Å²) in [6, 6.07) is 9.29. The predicted octanol–water partition coefficient (Wildman–Crippen LogP) is 5.63. The Bertz CT molecular complexity index is 933. The second-order valence-corrected chi connectivity index (χ2v) is 8.29.